The minimum Gasteiger partial charge on any atom is -0.493 e. The van der Waals surface area contributed by atoms with E-state index in [0.29, 0.717) is 40.9 Å². The van der Waals surface area contributed by atoms with Crippen molar-refractivity contribution >= 4 is 23.6 Å². The lowest BCUT2D eigenvalue weighted by Crippen LogP contribution is -2.45. The number of methoxy groups -OCH3 is 1. The molecule has 1 unspecified atom stereocenters. The second-order valence-corrected chi connectivity index (χ2v) is 9.55. The first kappa shape index (κ1) is 29.6. The van der Waals surface area contributed by atoms with Crippen LogP contribution in [0.2, 0.25) is 5.02 Å². The lowest BCUT2D eigenvalue weighted by molar-refractivity contribution is -0.139. The minimum absolute atomic E-state index is 0.136. The lowest BCUT2D eigenvalue weighted by atomic mass is 9.95. The van der Waals surface area contributed by atoms with Gasteiger partial charge in [0, 0.05) is 17.3 Å². The number of rotatable bonds is 12. The Labute approximate surface area is 244 Å². The third-order valence-electron chi connectivity index (χ3n) is 6.20. The summed E-state index contributed by atoms with van der Waals surface area (Å²) in [4.78, 5) is 25.0. The highest BCUT2D eigenvalue weighted by atomic mass is 35.5. The van der Waals surface area contributed by atoms with Crippen molar-refractivity contribution < 1.29 is 33.3 Å². The summed E-state index contributed by atoms with van der Waals surface area (Å²) in [6.45, 7) is 6.24. The number of ether oxygens (including phenoxy) is 5. The number of carbonyl (C=O) groups is 2. The van der Waals surface area contributed by atoms with Gasteiger partial charge in [0.15, 0.2) is 11.5 Å². The van der Waals surface area contributed by atoms with Gasteiger partial charge in [0.2, 0.25) is 0 Å². The van der Waals surface area contributed by atoms with E-state index in [9.17, 15) is 9.59 Å². The summed E-state index contributed by atoms with van der Waals surface area (Å²) in [7, 11) is 1.49. The molecule has 0 aromatic heterocycles. The molecule has 1 aliphatic rings. The normalized spacial score (nSPS) is 14.6. The Morgan fingerprint density at radius 2 is 1.76 bits per heavy atom. The van der Waals surface area contributed by atoms with Crippen molar-refractivity contribution in [3.63, 3.8) is 0 Å². The average molecular weight is 581 g/mol. The number of urea groups is 1. The minimum atomic E-state index is -0.797. The summed E-state index contributed by atoms with van der Waals surface area (Å²) >= 11 is 6.68. The number of allylic oxidation sites excluding steroid dienone is 1. The van der Waals surface area contributed by atoms with E-state index in [1.807, 2.05) is 55.5 Å². The monoisotopic (exact) mass is 580 g/mol. The van der Waals surface area contributed by atoms with Crippen LogP contribution in [0, 0.1) is 0 Å². The number of esters is 1. The van der Waals surface area contributed by atoms with E-state index in [4.69, 9.17) is 35.3 Å². The van der Waals surface area contributed by atoms with Crippen LogP contribution in [0.15, 0.2) is 71.9 Å². The Morgan fingerprint density at radius 1 is 0.976 bits per heavy atom. The molecule has 216 valence electrons. The number of hydrogen-bond acceptors (Lipinski definition) is 7. The van der Waals surface area contributed by atoms with Gasteiger partial charge >= 0.3 is 12.0 Å². The molecule has 41 heavy (non-hydrogen) atoms. The maximum absolute atomic E-state index is 12.7. The zero-order valence-electron chi connectivity index (χ0n) is 23.4. The maximum Gasteiger partial charge on any atom is 0.338 e. The summed E-state index contributed by atoms with van der Waals surface area (Å²) in [5.74, 6) is 2.08. The number of hydrogen-bond donors (Lipinski definition) is 2. The third-order valence-corrected chi connectivity index (χ3v) is 6.48. The Balaban J connectivity index is 1.59. The van der Waals surface area contributed by atoms with Crippen LogP contribution in [0.25, 0.3) is 0 Å². The molecule has 0 spiro atoms. The van der Waals surface area contributed by atoms with Crippen LogP contribution in [0.1, 0.15) is 44.4 Å². The molecule has 2 N–H and O–H groups in total. The highest BCUT2D eigenvalue weighted by molar-refractivity contribution is 6.32. The van der Waals surface area contributed by atoms with Gasteiger partial charge in [-0.25, -0.2) is 9.59 Å². The van der Waals surface area contributed by atoms with Gasteiger partial charge in [-0.15, -0.1) is 0 Å². The van der Waals surface area contributed by atoms with Gasteiger partial charge in [-0.3, -0.25) is 0 Å². The fourth-order valence-electron chi connectivity index (χ4n) is 4.31. The van der Waals surface area contributed by atoms with E-state index in [-0.39, 0.29) is 23.8 Å². The molecule has 2 amide bonds. The Hall–Kier alpha value is -4.37. The van der Waals surface area contributed by atoms with Crippen LogP contribution in [0.4, 0.5) is 4.79 Å². The van der Waals surface area contributed by atoms with Gasteiger partial charge in [-0.1, -0.05) is 36.7 Å². The Kier molecular flexibility index (Phi) is 9.97. The first-order chi connectivity index (χ1) is 19.8. The van der Waals surface area contributed by atoms with Crippen molar-refractivity contribution in [2.24, 2.45) is 0 Å². The standard InChI is InChI=1S/C31H33ClN2O7/c1-5-14-39-25-17-23(41-22-10-8-7-9-11-22)13-12-20(25)18-40-29-24(32)15-21(16-26(29)37-4)28-27(30(35)38-6-2)19(3)33-31(36)34-28/h7-13,15-17,28H,5-6,14,18H2,1-4H3,(H2,33,34,36). The summed E-state index contributed by atoms with van der Waals surface area (Å²) in [6.07, 6.45) is 0.833. The SMILES string of the molecule is CCCOc1cc(Oc2ccccc2)ccc1COc1c(Cl)cc(C2NC(=O)NC(C)=C2C(=O)OCC)cc1OC. The predicted octanol–water partition coefficient (Wildman–Crippen LogP) is 6.70. The highest BCUT2D eigenvalue weighted by Crippen LogP contribution is 2.41. The average Bonchev–Trinajstić information content (AvgIpc) is 2.95. The molecule has 1 atom stereocenters. The quantitative estimate of drug-likeness (QED) is 0.230. The van der Waals surface area contributed by atoms with Gasteiger partial charge in [0.1, 0.15) is 23.9 Å². The van der Waals surface area contributed by atoms with E-state index in [0.717, 1.165) is 17.7 Å². The fraction of sp³-hybridized carbons (Fsp3) is 0.290. The summed E-state index contributed by atoms with van der Waals surface area (Å²) in [5.41, 5.74) is 1.99. The van der Waals surface area contributed by atoms with Crippen LogP contribution >= 0.6 is 11.6 Å². The van der Waals surface area contributed by atoms with E-state index >= 15 is 0 Å². The van der Waals surface area contributed by atoms with Crippen LogP contribution in [0.3, 0.4) is 0 Å². The van der Waals surface area contributed by atoms with Crippen molar-refractivity contribution in [3.8, 4) is 28.7 Å². The van der Waals surface area contributed by atoms with Crippen LogP contribution < -0.4 is 29.6 Å². The fourth-order valence-corrected chi connectivity index (χ4v) is 4.58. The summed E-state index contributed by atoms with van der Waals surface area (Å²) in [6, 6.07) is 17.1. The Bertz CT molecular complexity index is 1430. The molecule has 9 nitrogen and oxygen atoms in total. The second kappa shape index (κ2) is 13.8. The molecule has 0 bridgehead atoms. The van der Waals surface area contributed by atoms with Crippen molar-refractivity contribution in [2.75, 3.05) is 20.3 Å². The van der Waals surface area contributed by atoms with Crippen molar-refractivity contribution in [1.29, 1.82) is 0 Å². The predicted molar refractivity (Wildman–Crippen MR) is 155 cm³/mol. The van der Waals surface area contributed by atoms with Crippen molar-refractivity contribution in [2.45, 2.75) is 39.8 Å². The number of benzene rings is 3. The van der Waals surface area contributed by atoms with Crippen molar-refractivity contribution in [1.82, 2.24) is 10.6 Å². The molecule has 1 aliphatic heterocycles. The zero-order valence-corrected chi connectivity index (χ0v) is 24.2. The number of nitrogens with one attached hydrogen (secondary N) is 2. The van der Waals surface area contributed by atoms with Gasteiger partial charge in [-0.05, 0) is 62.2 Å². The van der Waals surface area contributed by atoms with Gasteiger partial charge in [0.05, 0.1) is 37.0 Å². The van der Waals surface area contributed by atoms with Gasteiger partial charge in [0.25, 0.3) is 0 Å². The summed E-state index contributed by atoms with van der Waals surface area (Å²) < 4.78 is 28.9. The largest absolute Gasteiger partial charge is 0.493 e. The molecule has 0 radical (unpaired) electrons. The molecule has 0 aliphatic carbocycles. The first-order valence-electron chi connectivity index (χ1n) is 13.3. The topological polar surface area (TPSA) is 104 Å². The molecule has 0 saturated carbocycles. The third kappa shape index (κ3) is 7.24. The van der Waals surface area contributed by atoms with Crippen LogP contribution in [-0.4, -0.2) is 32.3 Å². The van der Waals surface area contributed by atoms with Crippen molar-refractivity contribution in [3.05, 3.63) is 88.1 Å². The first-order valence-corrected chi connectivity index (χ1v) is 13.7. The molecule has 4 rings (SSSR count). The molecule has 10 heteroatoms. The van der Waals surface area contributed by atoms with E-state index in [1.165, 1.54) is 7.11 Å². The molecule has 1 heterocycles. The molecular formula is C31H33ClN2O7. The second-order valence-electron chi connectivity index (χ2n) is 9.15. The van der Waals surface area contributed by atoms with E-state index in [1.54, 1.807) is 26.0 Å². The zero-order chi connectivity index (χ0) is 29.4. The molecule has 0 fully saturated rings. The van der Waals surface area contributed by atoms with Crippen LogP contribution in [0.5, 0.6) is 28.7 Å². The Morgan fingerprint density at radius 3 is 2.46 bits per heavy atom. The van der Waals surface area contributed by atoms with Crippen LogP contribution in [-0.2, 0) is 16.1 Å². The smallest absolute Gasteiger partial charge is 0.338 e. The number of para-hydroxylation sites is 1. The number of halogens is 1. The van der Waals surface area contributed by atoms with E-state index in [2.05, 4.69) is 10.6 Å². The number of carbonyl (C=O) groups excluding carboxylic acids is 2. The van der Waals surface area contributed by atoms with Gasteiger partial charge in [-0.2, -0.15) is 0 Å². The highest BCUT2D eigenvalue weighted by Gasteiger charge is 2.33. The number of amides is 2. The van der Waals surface area contributed by atoms with E-state index < -0.39 is 18.0 Å². The molecule has 3 aromatic rings. The van der Waals surface area contributed by atoms with Gasteiger partial charge < -0.3 is 34.3 Å². The maximum atomic E-state index is 12.7. The molecular weight excluding hydrogens is 548 g/mol. The molecule has 3 aromatic carbocycles. The summed E-state index contributed by atoms with van der Waals surface area (Å²) in [5, 5.41) is 5.63. The molecule has 0 saturated heterocycles. The lowest BCUT2D eigenvalue weighted by Gasteiger charge is -2.28.